The second kappa shape index (κ2) is 7.48. The van der Waals surface area contributed by atoms with Crippen molar-refractivity contribution in [2.75, 3.05) is 12.0 Å². The van der Waals surface area contributed by atoms with Crippen molar-refractivity contribution < 1.29 is 19.1 Å². The number of pyridine rings is 1. The number of rotatable bonds is 3. The molecule has 7 heteroatoms. The smallest absolute Gasteiger partial charge is 0.296 e. The number of hydrogen-bond donors (Lipinski definition) is 1. The summed E-state index contributed by atoms with van der Waals surface area (Å²) in [5.74, 6) is 0.139. The lowest BCUT2D eigenvalue weighted by molar-refractivity contribution is 0.0970. The van der Waals surface area contributed by atoms with Crippen LogP contribution in [0, 0.1) is 20.8 Å². The largest absolute Gasteiger partial charge is 0.504 e. The molecule has 0 fully saturated rings. The molecule has 2 aromatic heterocycles. The number of ether oxygens (including phenoxy) is 1. The Morgan fingerprint density at radius 1 is 1.03 bits per heavy atom. The molecule has 0 saturated carbocycles. The topological polar surface area (TPSA) is 92.9 Å². The van der Waals surface area contributed by atoms with E-state index in [9.17, 15) is 14.7 Å². The standard InChI is InChI=1S/C26H22N2O5/c1-13-5-8-21(27-12-13)28-23(16-6-7-18(29)20(11-16)32-4)22-24(30)17-9-14(2)15(3)10-19(17)33-25(22)26(28)31/h5-12,23,29H,1-4H3/t23-/m1/s1. The molecule has 0 radical (unpaired) electrons. The Bertz CT molecular complexity index is 1490. The average Bonchev–Trinajstić information content (AvgIpc) is 3.09. The Hall–Kier alpha value is -4.13. The van der Waals surface area contributed by atoms with Crippen LogP contribution < -0.4 is 15.1 Å². The molecule has 0 unspecified atom stereocenters. The van der Waals surface area contributed by atoms with Gasteiger partial charge < -0.3 is 14.3 Å². The zero-order valence-corrected chi connectivity index (χ0v) is 18.7. The molecular weight excluding hydrogens is 420 g/mol. The van der Waals surface area contributed by atoms with Gasteiger partial charge in [-0.25, -0.2) is 4.98 Å². The molecule has 0 bridgehead atoms. The Labute approximate surface area is 189 Å². The lowest BCUT2D eigenvalue weighted by Gasteiger charge is -2.24. The van der Waals surface area contributed by atoms with Gasteiger partial charge in [-0.05, 0) is 73.4 Å². The quantitative estimate of drug-likeness (QED) is 0.499. The first kappa shape index (κ1) is 20.8. The summed E-state index contributed by atoms with van der Waals surface area (Å²) in [6, 6.07) is 11.1. The van der Waals surface area contributed by atoms with Crippen LogP contribution in [0.5, 0.6) is 11.5 Å². The third kappa shape index (κ3) is 3.16. The van der Waals surface area contributed by atoms with E-state index in [1.54, 1.807) is 36.5 Å². The lowest BCUT2D eigenvalue weighted by atomic mass is 9.97. The van der Waals surface area contributed by atoms with E-state index < -0.39 is 11.9 Å². The van der Waals surface area contributed by atoms with E-state index in [2.05, 4.69) is 4.98 Å². The summed E-state index contributed by atoms with van der Waals surface area (Å²) in [5, 5.41) is 10.5. The van der Waals surface area contributed by atoms with E-state index in [-0.39, 0.29) is 28.3 Å². The van der Waals surface area contributed by atoms with Gasteiger partial charge in [0.15, 0.2) is 16.9 Å². The molecule has 1 N–H and O–H groups in total. The third-order valence-corrected chi connectivity index (χ3v) is 6.15. The van der Waals surface area contributed by atoms with Crippen LogP contribution >= 0.6 is 0 Å². The fourth-order valence-electron chi connectivity index (χ4n) is 4.25. The summed E-state index contributed by atoms with van der Waals surface area (Å²) < 4.78 is 11.3. The highest BCUT2D eigenvalue weighted by Gasteiger charge is 2.44. The maximum absolute atomic E-state index is 13.7. The normalized spacial score (nSPS) is 15.2. The van der Waals surface area contributed by atoms with E-state index in [1.165, 1.54) is 18.1 Å². The van der Waals surface area contributed by atoms with Gasteiger partial charge in [0.2, 0.25) is 5.76 Å². The molecule has 1 aliphatic heterocycles. The van der Waals surface area contributed by atoms with Crippen LogP contribution in [-0.4, -0.2) is 23.1 Å². The number of phenols is 1. The average molecular weight is 442 g/mol. The van der Waals surface area contributed by atoms with Crippen LogP contribution in [0.4, 0.5) is 5.82 Å². The van der Waals surface area contributed by atoms with Crippen LogP contribution in [0.2, 0.25) is 0 Å². The fraction of sp³-hybridized carbons (Fsp3) is 0.192. The first-order chi connectivity index (χ1) is 15.8. The van der Waals surface area contributed by atoms with Gasteiger partial charge in [-0.15, -0.1) is 0 Å². The zero-order valence-electron chi connectivity index (χ0n) is 18.7. The molecule has 166 valence electrons. The summed E-state index contributed by atoms with van der Waals surface area (Å²) in [4.78, 5) is 33.2. The van der Waals surface area contributed by atoms with Crippen molar-refractivity contribution >= 4 is 22.7 Å². The van der Waals surface area contributed by atoms with Crippen LogP contribution in [0.25, 0.3) is 11.0 Å². The van der Waals surface area contributed by atoms with Crippen molar-refractivity contribution in [3.8, 4) is 11.5 Å². The molecule has 33 heavy (non-hydrogen) atoms. The molecule has 1 atom stereocenters. The molecule has 4 aromatic rings. The number of aromatic hydroxyl groups is 1. The number of hydrogen-bond acceptors (Lipinski definition) is 6. The molecule has 2 aromatic carbocycles. The highest BCUT2D eigenvalue weighted by atomic mass is 16.5. The Morgan fingerprint density at radius 2 is 1.79 bits per heavy atom. The molecule has 0 saturated heterocycles. The van der Waals surface area contributed by atoms with Crippen molar-refractivity contribution in [1.29, 1.82) is 0 Å². The first-order valence-electron chi connectivity index (χ1n) is 10.5. The minimum Gasteiger partial charge on any atom is -0.504 e. The summed E-state index contributed by atoms with van der Waals surface area (Å²) in [5.41, 5.74) is 3.80. The van der Waals surface area contributed by atoms with Crippen LogP contribution in [-0.2, 0) is 0 Å². The van der Waals surface area contributed by atoms with Crippen LogP contribution in [0.15, 0.2) is 57.9 Å². The van der Waals surface area contributed by atoms with Gasteiger partial charge in [-0.3, -0.25) is 14.5 Å². The van der Waals surface area contributed by atoms with Gasteiger partial charge in [0.05, 0.1) is 24.1 Å². The summed E-state index contributed by atoms with van der Waals surface area (Å²) >= 11 is 0. The third-order valence-electron chi connectivity index (χ3n) is 6.15. The molecular formula is C26H22N2O5. The Balaban J connectivity index is 1.83. The predicted molar refractivity (Wildman–Crippen MR) is 124 cm³/mol. The number of anilines is 1. The van der Waals surface area contributed by atoms with Crippen LogP contribution in [0.3, 0.4) is 0 Å². The van der Waals surface area contributed by atoms with E-state index in [0.29, 0.717) is 22.4 Å². The van der Waals surface area contributed by atoms with Crippen molar-refractivity contribution in [2.24, 2.45) is 0 Å². The number of aryl methyl sites for hydroxylation is 3. The number of amides is 1. The number of nitrogens with zero attached hydrogens (tertiary/aromatic N) is 2. The van der Waals surface area contributed by atoms with Crippen molar-refractivity contribution in [2.45, 2.75) is 26.8 Å². The number of fused-ring (bicyclic) bond motifs is 2. The van der Waals surface area contributed by atoms with Gasteiger partial charge in [-0.1, -0.05) is 12.1 Å². The van der Waals surface area contributed by atoms with E-state index in [4.69, 9.17) is 9.15 Å². The monoisotopic (exact) mass is 442 g/mol. The molecule has 7 nitrogen and oxygen atoms in total. The van der Waals surface area contributed by atoms with Crippen molar-refractivity contribution in [3.63, 3.8) is 0 Å². The lowest BCUT2D eigenvalue weighted by Crippen LogP contribution is -2.30. The maximum atomic E-state index is 13.7. The van der Waals surface area contributed by atoms with Gasteiger partial charge in [0.1, 0.15) is 11.4 Å². The second-order valence-electron chi connectivity index (χ2n) is 8.31. The second-order valence-corrected chi connectivity index (χ2v) is 8.31. The van der Waals surface area contributed by atoms with Gasteiger partial charge in [0.25, 0.3) is 5.91 Å². The maximum Gasteiger partial charge on any atom is 0.296 e. The number of benzene rings is 2. The van der Waals surface area contributed by atoms with Crippen molar-refractivity contribution in [1.82, 2.24) is 4.98 Å². The molecule has 0 spiro atoms. The summed E-state index contributed by atoms with van der Waals surface area (Å²) in [7, 11) is 1.44. The first-order valence-corrected chi connectivity index (χ1v) is 10.5. The van der Waals surface area contributed by atoms with E-state index in [0.717, 1.165) is 16.7 Å². The highest BCUT2D eigenvalue weighted by Crippen LogP contribution is 2.42. The SMILES string of the molecule is COc1cc([C@@H]2c3c(oc4cc(C)c(C)cc4c3=O)C(=O)N2c2ccc(C)cn2)ccc1O. The van der Waals surface area contributed by atoms with Gasteiger partial charge in [0, 0.05) is 6.20 Å². The minimum atomic E-state index is -0.792. The van der Waals surface area contributed by atoms with Crippen LogP contribution in [0.1, 0.15) is 44.4 Å². The summed E-state index contributed by atoms with van der Waals surface area (Å²) in [6.07, 6.45) is 1.67. The van der Waals surface area contributed by atoms with Gasteiger partial charge in [-0.2, -0.15) is 0 Å². The number of carbonyl (C=O) groups is 1. The Kier molecular flexibility index (Phi) is 4.70. The molecule has 1 amide bonds. The number of aromatic nitrogens is 1. The Morgan fingerprint density at radius 3 is 2.48 bits per heavy atom. The molecule has 5 rings (SSSR count). The fourth-order valence-corrected chi connectivity index (χ4v) is 4.25. The highest BCUT2D eigenvalue weighted by molar-refractivity contribution is 6.10. The van der Waals surface area contributed by atoms with E-state index in [1.807, 2.05) is 26.8 Å². The molecule has 0 aliphatic carbocycles. The van der Waals surface area contributed by atoms with Crippen molar-refractivity contribution in [3.05, 3.63) is 92.5 Å². The number of methoxy groups -OCH3 is 1. The van der Waals surface area contributed by atoms with Gasteiger partial charge >= 0.3 is 0 Å². The zero-order chi connectivity index (χ0) is 23.4. The molecule has 1 aliphatic rings. The van der Waals surface area contributed by atoms with E-state index >= 15 is 0 Å². The molecule has 3 heterocycles. The summed E-state index contributed by atoms with van der Waals surface area (Å²) in [6.45, 7) is 5.76. The predicted octanol–water partition coefficient (Wildman–Crippen LogP) is 4.58. The number of phenolic OH excluding ortho intramolecular Hbond substituents is 1. The minimum absolute atomic E-state index is 0.00447. The number of carbonyl (C=O) groups excluding carboxylic acids is 1.